The minimum atomic E-state index is 0.560. The third-order valence-corrected chi connectivity index (χ3v) is 1.89. The molecule has 2 heteroatoms. The number of hydrogen-bond donors (Lipinski definition) is 1. The zero-order valence-corrected chi connectivity index (χ0v) is 7.96. The predicted octanol–water partition coefficient (Wildman–Crippen LogP) is 3.18. The molecule has 1 N–H and O–H groups in total. The summed E-state index contributed by atoms with van der Waals surface area (Å²) in [4.78, 5) is 3.08. The van der Waals surface area contributed by atoms with E-state index in [1.54, 1.807) is 0 Å². The smallest absolute Gasteiger partial charge is 0.103 e. The van der Waals surface area contributed by atoms with Crippen LogP contribution in [0.15, 0.2) is 12.1 Å². The molecular formula is C9H13NS. The zero-order valence-electron chi connectivity index (χ0n) is 7.14. The lowest BCUT2D eigenvalue weighted by Crippen LogP contribution is -1.90. The largest absolute Gasteiger partial charge is 0.350 e. The van der Waals surface area contributed by atoms with Crippen molar-refractivity contribution in [3.63, 3.8) is 0 Å². The van der Waals surface area contributed by atoms with E-state index in [-0.39, 0.29) is 0 Å². The van der Waals surface area contributed by atoms with Gasteiger partial charge in [-0.25, -0.2) is 0 Å². The SMILES string of the molecule is Cc1cc(C(C)C)cc(=S)[nH]1. The molecule has 0 fully saturated rings. The van der Waals surface area contributed by atoms with E-state index in [1.807, 2.05) is 13.0 Å². The first-order chi connectivity index (χ1) is 5.09. The lowest BCUT2D eigenvalue weighted by Gasteiger charge is -2.05. The lowest BCUT2D eigenvalue weighted by atomic mass is 10.0. The number of rotatable bonds is 1. The molecule has 0 atom stereocenters. The molecule has 0 saturated carbocycles. The molecule has 0 aliphatic rings. The van der Waals surface area contributed by atoms with Crippen molar-refractivity contribution in [2.75, 3.05) is 0 Å². The van der Waals surface area contributed by atoms with Crippen LogP contribution in [0.5, 0.6) is 0 Å². The van der Waals surface area contributed by atoms with Gasteiger partial charge >= 0.3 is 0 Å². The summed E-state index contributed by atoms with van der Waals surface area (Å²) in [6.07, 6.45) is 0. The van der Waals surface area contributed by atoms with Crippen molar-refractivity contribution in [3.05, 3.63) is 28.0 Å². The number of hydrogen-bond acceptors (Lipinski definition) is 1. The highest BCUT2D eigenvalue weighted by Gasteiger charge is 1.98. The van der Waals surface area contributed by atoms with E-state index in [9.17, 15) is 0 Å². The molecule has 0 unspecified atom stereocenters. The lowest BCUT2D eigenvalue weighted by molar-refractivity contribution is 0.858. The second kappa shape index (κ2) is 3.18. The molecule has 0 aliphatic carbocycles. The van der Waals surface area contributed by atoms with Crippen LogP contribution in [0.1, 0.15) is 31.0 Å². The standard InChI is InChI=1S/C9H13NS/c1-6(2)8-4-7(3)10-9(11)5-8/h4-6H,1-3H3,(H,10,11). The number of H-pyrrole nitrogens is 1. The van der Waals surface area contributed by atoms with Crippen molar-refractivity contribution in [2.45, 2.75) is 26.7 Å². The first kappa shape index (κ1) is 8.47. The molecule has 1 aromatic heterocycles. The number of pyridine rings is 1. The van der Waals surface area contributed by atoms with Crippen LogP contribution < -0.4 is 0 Å². The fourth-order valence-corrected chi connectivity index (χ4v) is 1.34. The molecule has 0 spiro atoms. The first-order valence-electron chi connectivity index (χ1n) is 3.80. The number of aryl methyl sites for hydroxylation is 1. The van der Waals surface area contributed by atoms with Gasteiger partial charge in [-0.05, 0) is 30.5 Å². The van der Waals surface area contributed by atoms with Crippen molar-refractivity contribution in [2.24, 2.45) is 0 Å². The van der Waals surface area contributed by atoms with Gasteiger partial charge in [0, 0.05) is 5.69 Å². The second-order valence-corrected chi connectivity index (χ2v) is 3.56. The van der Waals surface area contributed by atoms with Crippen LogP contribution in [0.25, 0.3) is 0 Å². The van der Waals surface area contributed by atoms with Crippen LogP contribution in [0.2, 0.25) is 0 Å². The van der Waals surface area contributed by atoms with Gasteiger partial charge in [-0.1, -0.05) is 26.1 Å². The maximum Gasteiger partial charge on any atom is 0.103 e. The van der Waals surface area contributed by atoms with Gasteiger partial charge in [0.2, 0.25) is 0 Å². The summed E-state index contributed by atoms with van der Waals surface area (Å²) in [7, 11) is 0. The Morgan fingerprint density at radius 1 is 1.36 bits per heavy atom. The molecule has 0 aliphatic heterocycles. The topological polar surface area (TPSA) is 15.8 Å². The minimum Gasteiger partial charge on any atom is -0.350 e. The highest BCUT2D eigenvalue weighted by atomic mass is 32.1. The highest BCUT2D eigenvalue weighted by Crippen LogP contribution is 2.14. The van der Waals surface area contributed by atoms with Crippen molar-refractivity contribution in [3.8, 4) is 0 Å². The van der Waals surface area contributed by atoms with Gasteiger partial charge < -0.3 is 4.98 Å². The summed E-state index contributed by atoms with van der Waals surface area (Å²) >= 11 is 5.05. The van der Waals surface area contributed by atoms with E-state index in [0.717, 1.165) is 10.3 Å². The van der Waals surface area contributed by atoms with Crippen LogP contribution in [0.3, 0.4) is 0 Å². The fraction of sp³-hybridized carbons (Fsp3) is 0.444. The summed E-state index contributed by atoms with van der Waals surface area (Å²) < 4.78 is 0.828. The Hall–Kier alpha value is -0.630. The van der Waals surface area contributed by atoms with Crippen LogP contribution in [-0.4, -0.2) is 4.98 Å². The molecule has 11 heavy (non-hydrogen) atoms. The van der Waals surface area contributed by atoms with Crippen molar-refractivity contribution >= 4 is 12.2 Å². The van der Waals surface area contributed by atoms with Crippen molar-refractivity contribution in [1.29, 1.82) is 0 Å². The van der Waals surface area contributed by atoms with Gasteiger partial charge in [-0.15, -0.1) is 0 Å². The number of nitrogens with one attached hydrogen (secondary N) is 1. The predicted molar refractivity (Wildman–Crippen MR) is 50.5 cm³/mol. The molecule has 1 heterocycles. The van der Waals surface area contributed by atoms with Crippen molar-refractivity contribution in [1.82, 2.24) is 4.98 Å². The van der Waals surface area contributed by atoms with Crippen LogP contribution >= 0.6 is 12.2 Å². The van der Waals surface area contributed by atoms with E-state index in [0.29, 0.717) is 5.92 Å². The normalized spacial score (nSPS) is 10.5. The Balaban J connectivity index is 3.19. The Kier molecular flexibility index (Phi) is 2.45. The van der Waals surface area contributed by atoms with Gasteiger partial charge in [0.15, 0.2) is 0 Å². The Bertz CT molecular complexity index is 299. The summed E-state index contributed by atoms with van der Waals surface area (Å²) in [5.41, 5.74) is 2.45. The zero-order chi connectivity index (χ0) is 8.43. The molecule has 0 amide bonds. The third-order valence-electron chi connectivity index (χ3n) is 1.67. The molecule has 0 bridgehead atoms. The maximum absolute atomic E-state index is 5.05. The number of aromatic nitrogens is 1. The maximum atomic E-state index is 5.05. The second-order valence-electron chi connectivity index (χ2n) is 3.12. The van der Waals surface area contributed by atoms with Gasteiger partial charge in [0.1, 0.15) is 4.64 Å². The van der Waals surface area contributed by atoms with Crippen molar-refractivity contribution < 1.29 is 0 Å². The van der Waals surface area contributed by atoms with Gasteiger partial charge in [0.25, 0.3) is 0 Å². The van der Waals surface area contributed by atoms with E-state index in [2.05, 4.69) is 24.9 Å². The molecular weight excluding hydrogens is 154 g/mol. The first-order valence-corrected chi connectivity index (χ1v) is 4.21. The average molecular weight is 167 g/mol. The summed E-state index contributed by atoms with van der Waals surface area (Å²) in [6, 6.07) is 4.16. The highest BCUT2D eigenvalue weighted by molar-refractivity contribution is 7.71. The Morgan fingerprint density at radius 2 is 2.00 bits per heavy atom. The fourth-order valence-electron chi connectivity index (χ4n) is 1.04. The number of aromatic amines is 1. The van der Waals surface area contributed by atoms with Crippen LogP contribution in [0.4, 0.5) is 0 Å². The Morgan fingerprint density at radius 3 is 2.45 bits per heavy atom. The molecule has 60 valence electrons. The average Bonchev–Trinajstić information content (AvgIpc) is 1.85. The third kappa shape index (κ3) is 2.15. The van der Waals surface area contributed by atoms with Crippen LogP contribution in [-0.2, 0) is 0 Å². The molecule has 0 aromatic carbocycles. The van der Waals surface area contributed by atoms with Gasteiger partial charge in [-0.2, -0.15) is 0 Å². The summed E-state index contributed by atoms with van der Waals surface area (Å²) in [6.45, 7) is 6.37. The Labute approximate surface area is 72.5 Å². The monoisotopic (exact) mass is 167 g/mol. The van der Waals surface area contributed by atoms with Gasteiger partial charge in [-0.3, -0.25) is 0 Å². The minimum absolute atomic E-state index is 0.560. The van der Waals surface area contributed by atoms with E-state index < -0.39 is 0 Å². The van der Waals surface area contributed by atoms with Gasteiger partial charge in [0.05, 0.1) is 0 Å². The quantitative estimate of drug-likeness (QED) is 0.635. The molecule has 0 radical (unpaired) electrons. The van der Waals surface area contributed by atoms with E-state index in [1.165, 1.54) is 5.56 Å². The molecule has 0 saturated heterocycles. The summed E-state index contributed by atoms with van der Waals surface area (Å²) in [5.74, 6) is 0.560. The molecule has 1 nitrogen and oxygen atoms in total. The molecule has 1 aromatic rings. The van der Waals surface area contributed by atoms with E-state index in [4.69, 9.17) is 12.2 Å². The van der Waals surface area contributed by atoms with Crippen LogP contribution in [0, 0.1) is 11.6 Å². The molecule has 1 rings (SSSR count). The summed E-state index contributed by atoms with van der Waals surface area (Å²) in [5, 5.41) is 0. The van der Waals surface area contributed by atoms with E-state index >= 15 is 0 Å².